The lowest BCUT2D eigenvalue weighted by molar-refractivity contribution is 0.151. The summed E-state index contributed by atoms with van der Waals surface area (Å²) in [4.78, 5) is 12.0. The second kappa shape index (κ2) is 7.64. The van der Waals surface area contributed by atoms with Crippen molar-refractivity contribution in [1.82, 2.24) is 10.6 Å². The van der Waals surface area contributed by atoms with Crippen molar-refractivity contribution in [3.63, 3.8) is 0 Å². The fourth-order valence-corrected chi connectivity index (χ4v) is 2.50. The first-order chi connectivity index (χ1) is 11.0. The van der Waals surface area contributed by atoms with Gasteiger partial charge in [-0.15, -0.1) is 0 Å². The van der Waals surface area contributed by atoms with Crippen LogP contribution in [0.5, 0.6) is 5.75 Å². The van der Waals surface area contributed by atoms with Crippen LogP contribution in [0.3, 0.4) is 0 Å². The van der Waals surface area contributed by atoms with Gasteiger partial charge in [-0.05, 0) is 44.2 Å². The number of benzene rings is 1. The van der Waals surface area contributed by atoms with E-state index >= 15 is 0 Å². The van der Waals surface area contributed by atoms with Crippen molar-refractivity contribution < 1.29 is 19.0 Å². The Hall–Kier alpha value is -1.82. The molecule has 1 saturated carbocycles. The lowest BCUT2D eigenvalue weighted by atomic mass is 9.97. The molecule has 1 aromatic carbocycles. The van der Waals surface area contributed by atoms with E-state index in [1.165, 1.54) is 12.1 Å². The van der Waals surface area contributed by atoms with Gasteiger partial charge in [0, 0.05) is 6.07 Å². The zero-order valence-corrected chi connectivity index (χ0v) is 13.6. The normalized spacial score (nSPS) is 17.9. The fraction of sp³-hybridized carbons (Fsp3) is 0.588. The molecule has 0 aromatic heterocycles. The molecule has 2 unspecified atom stereocenters. The van der Waals surface area contributed by atoms with Crippen molar-refractivity contribution in [3.05, 3.63) is 30.1 Å². The molecule has 1 fully saturated rings. The average molecular weight is 324 g/mol. The van der Waals surface area contributed by atoms with Gasteiger partial charge in [0.1, 0.15) is 17.7 Å². The number of amides is 2. The molecular formula is C17H25FN2O3. The minimum atomic E-state index is -0.574. The van der Waals surface area contributed by atoms with Gasteiger partial charge in [0.05, 0.1) is 18.7 Å². The molecule has 3 N–H and O–H groups in total. The Morgan fingerprint density at radius 2 is 2.26 bits per heavy atom. The third-order valence-electron chi connectivity index (χ3n) is 4.25. The lowest BCUT2D eigenvalue weighted by Gasteiger charge is -2.29. The Morgan fingerprint density at radius 3 is 2.83 bits per heavy atom. The highest BCUT2D eigenvalue weighted by molar-refractivity contribution is 5.74. The Kier molecular flexibility index (Phi) is 5.82. The summed E-state index contributed by atoms with van der Waals surface area (Å²) < 4.78 is 18.8. The van der Waals surface area contributed by atoms with E-state index in [2.05, 4.69) is 10.6 Å². The number of ether oxygens (including phenoxy) is 1. The highest BCUT2D eigenvalue weighted by atomic mass is 19.1. The van der Waals surface area contributed by atoms with Crippen LogP contribution in [-0.2, 0) is 0 Å². The standard InChI is InChI=1S/C17H25FN2O3/c1-3-14(23-15-6-4-5-13(18)9-15)10-19-16(22)20-17(2,11-21)12-7-8-12/h4-6,9,12,14,21H,3,7-8,10-11H2,1-2H3,(H2,19,20,22). The number of aliphatic hydroxyl groups excluding tert-OH is 1. The fourth-order valence-electron chi connectivity index (χ4n) is 2.50. The van der Waals surface area contributed by atoms with Crippen LogP contribution in [0.4, 0.5) is 9.18 Å². The number of carbonyl (C=O) groups excluding carboxylic acids is 1. The maximum absolute atomic E-state index is 13.2. The number of nitrogens with one attached hydrogen (secondary N) is 2. The molecule has 1 aromatic rings. The topological polar surface area (TPSA) is 70.6 Å². The first kappa shape index (κ1) is 17.5. The number of hydrogen-bond acceptors (Lipinski definition) is 3. The van der Waals surface area contributed by atoms with Crippen LogP contribution in [0.2, 0.25) is 0 Å². The predicted octanol–water partition coefficient (Wildman–Crippen LogP) is 2.44. The van der Waals surface area contributed by atoms with E-state index in [9.17, 15) is 14.3 Å². The van der Waals surface area contributed by atoms with Gasteiger partial charge >= 0.3 is 6.03 Å². The highest BCUT2D eigenvalue weighted by Gasteiger charge is 2.42. The highest BCUT2D eigenvalue weighted by Crippen LogP contribution is 2.39. The van der Waals surface area contributed by atoms with Crippen molar-refractivity contribution >= 4 is 6.03 Å². The molecule has 5 nitrogen and oxygen atoms in total. The van der Waals surface area contributed by atoms with Crippen molar-refractivity contribution in [3.8, 4) is 5.75 Å². The summed E-state index contributed by atoms with van der Waals surface area (Å²) in [6, 6.07) is 5.61. The average Bonchev–Trinajstić information content (AvgIpc) is 3.36. The molecule has 0 spiro atoms. The number of rotatable bonds is 8. The van der Waals surface area contributed by atoms with E-state index in [0.717, 1.165) is 12.8 Å². The molecule has 1 aliphatic rings. The SMILES string of the molecule is CCC(CNC(=O)NC(C)(CO)C1CC1)Oc1cccc(F)c1. The van der Waals surface area contributed by atoms with Gasteiger partial charge in [-0.1, -0.05) is 13.0 Å². The Morgan fingerprint density at radius 1 is 1.52 bits per heavy atom. The number of hydrogen-bond donors (Lipinski definition) is 3. The largest absolute Gasteiger partial charge is 0.489 e. The van der Waals surface area contributed by atoms with Gasteiger partial charge in [0.2, 0.25) is 0 Å². The Bertz CT molecular complexity index is 536. The summed E-state index contributed by atoms with van der Waals surface area (Å²) in [5, 5.41) is 15.1. The van der Waals surface area contributed by atoms with E-state index in [-0.39, 0.29) is 24.6 Å². The first-order valence-corrected chi connectivity index (χ1v) is 8.06. The van der Waals surface area contributed by atoms with Crippen LogP contribution < -0.4 is 15.4 Å². The molecule has 23 heavy (non-hydrogen) atoms. The van der Waals surface area contributed by atoms with Crippen molar-refractivity contribution in [1.29, 1.82) is 0 Å². The van der Waals surface area contributed by atoms with E-state index in [0.29, 0.717) is 24.6 Å². The quantitative estimate of drug-likeness (QED) is 0.688. The molecule has 0 radical (unpaired) electrons. The van der Waals surface area contributed by atoms with E-state index in [4.69, 9.17) is 4.74 Å². The summed E-state index contributed by atoms with van der Waals surface area (Å²) in [6.07, 6.45) is 2.48. The molecule has 2 atom stereocenters. The van der Waals surface area contributed by atoms with Crippen molar-refractivity contribution in [2.75, 3.05) is 13.2 Å². The monoisotopic (exact) mass is 324 g/mol. The molecule has 2 amide bonds. The minimum Gasteiger partial charge on any atom is -0.489 e. The summed E-state index contributed by atoms with van der Waals surface area (Å²) in [7, 11) is 0. The number of aliphatic hydroxyl groups is 1. The summed E-state index contributed by atoms with van der Waals surface area (Å²) in [5.74, 6) is 0.423. The van der Waals surface area contributed by atoms with Crippen LogP contribution in [-0.4, -0.2) is 35.9 Å². The second-order valence-corrected chi connectivity index (χ2v) is 6.29. The molecule has 0 aliphatic heterocycles. The van der Waals surface area contributed by atoms with Gasteiger partial charge in [-0.3, -0.25) is 0 Å². The van der Waals surface area contributed by atoms with Crippen LogP contribution >= 0.6 is 0 Å². The van der Waals surface area contributed by atoms with Crippen LogP contribution in [0.25, 0.3) is 0 Å². The molecule has 0 bridgehead atoms. The lowest BCUT2D eigenvalue weighted by Crippen LogP contribution is -2.55. The molecule has 128 valence electrons. The third-order valence-corrected chi connectivity index (χ3v) is 4.25. The van der Waals surface area contributed by atoms with E-state index in [1.807, 2.05) is 13.8 Å². The summed E-state index contributed by atoms with van der Waals surface area (Å²) in [5.41, 5.74) is -0.574. The predicted molar refractivity (Wildman–Crippen MR) is 85.9 cm³/mol. The van der Waals surface area contributed by atoms with Crippen molar-refractivity contribution in [2.45, 2.75) is 44.8 Å². The number of halogens is 1. The summed E-state index contributed by atoms with van der Waals surface area (Å²) >= 11 is 0. The van der Waals surface area contributed by atoms with Crippen LogP contribution in [0, 0.1) is 11.7 Å². The first-order valence-electron chi connectivity index (χ1n) is 8.06. The number of carbonyl (C=O) groups is 1. The van der Waals surface area contributed by atoms with Gasteiger partial charge in [-0.25, -0.2) is 9.18 Å². The van der Waals surface area contributed by atoms with E-state index < -0.39 is 5.54 Å². The maximum Gasteiger partial charge on any atom is 0.315 e. The zero-order chi connectivity index (χ0) is 16.9. The summed E-state index contributed by atoms with van der Waals surface area (Å²) in [6.45, 7) is 4.02. The van der Waals surface area contributed by atoms with Gasteiger partial charge < -0.3 is 20.5 Å². The smallest absolute Gasteiger partial charge is 0.315 e. The van der Waals surface area contributed by atoms with Crippen molar-refractivity contribution in [2.24, 2.45) is 5.92 Å². The van der Waals surface area contributed by atoms with Crippen LogP contribution in [0.15, 0.2) is 24.3 Å². The Balaban J connectivity index is 1.81. The molecule has 0 saturated heterocycles. The molecule has 6 heteroatoms. The molecule has 1 aliphatic carbocycles. The zero-order valence-electron chi connectivity index (χ0n) is 13.6. The Labute approximate surface area is 136 Å². The molecule has 2 rings (SSSR count). The van der Waals surface area contributed by atoms with Gasteiger partial charge in [0.15, 0.2) is 0 Å². The van der Waals surface area contributed by atoms with Crippen LogP contribution in [0.1, 0.15) is 33.1 Å². The second-order valence-electron chi connectivity index (χ2n) is 6.29. The third kappa shape index (κ3) is 5.10. The molecular weight excluding hydrogens is 299 g/mol. The minimum absolute atomic E-state index is 0.0813. The van der Waals surface area contributed by atoms with Gasteiger partial charge in [0.25, 0.3) is 0 Å². The number of urea groups is 1. The van der Waals surface area contributed by atoms with E-state index in [1.54, 1.807) is 12.1 Å². The molecule has 0 heterocycles. The van der Waals surface area contributed by atoms with Gasteiger partial charge in [-0.2, -0.15) is 0 Å². The maximum atomic E-state index is 13.2.